The first-order chi connectivity index (χ1) is 34.3. The number of ether oxygens (including phenoxy) is 6. The molecule has 70 heavy (non-hydrogen) atoms. The lowest BCUT2D eigenvalue weighted by molar-refractivity contribution is -0.138. The fourth-order valence-electron chi connectivity index (χ4n) is 8.55. The number of benzene rings is 4. The third kappa shape index (κ3) is 20.8. The van der Waals surface area contributed by atoms with Gasteiger partial charge in [-0.15, -0.1) is 0 Å². The first-order valence-corrected chi connectivity index (χ1v) is 26.0. The smallest absolute Gasteiger partial charge is 0.338 e. The number of carbonyl (C=O) groups is 4. The van der Waals surface area contributed by atoms with Gasteiger partial charge in [-0.05, 0) is 122 Å². The molecule has 0 N–H and O–H groups in total. The van der Waals surface area contributed by atoms with E-state index in [1.807, 2.05) is 72.8 Å². The van der Waals surface area contributed by atoms with Gasteiger partial charge in [-0.2, -0.15) is 0 Å². The quantitative estimate of drug-likeness (QED) is 0.0193. The van der Waals surface area contributed by atoms with Crippen molar-refractivity contribution < 1.29 is 47.6 Å². The third-order valence-electron chi connectivity index (χ3n) is 12.7. The zero-order valence-corrected chi connectivity index (χ0v) is 41.4. The van der Waals surface area contributed by atoms with Crippen LogP contribution in [0.1, 0.15) is 162 Å². The van der Waals surface area contributed by atoms with Gasteiger partial charge in [-0.25, -0.2) is 19.2 Å². The van der Waals surface area contributed by atoms with Crippen LogP contribution in [0.4, 0.5) is 0 Å². The molecule has 0 amide bonds. The highest BCUT2D eigenvalue weighted by molar-refractivity contribution is 5.91. The lowest BCUT2D eigenvalue weighted by atomic mass is 9.94. The highest BCUT2D eigenvalue weighted by Crippen LogP contribution is 2.29. The van der Waals surface area contributed by atoms with Crippen molar-refractivity contribution in [2.45, 2.75) is 153 Å². The first-order valence-electron chi connectivity index (χ1n) is 26.0. The van der Waals surface area contributed by atoms with Crippen LogP contribution in [-0.4, -0.2) is 62.5 Å². The predicted molar refractivity (Wildman–Crippen MR) is 277 cm³/mol. The summed E-state index contributed by atoms with van der Waals surface area (Å²) in [6.45, 7) is 9.14. The van der Waals surface area contributed by atoms with E-state index >= 15 is 0 Å². The summed E-state index contributed by atoms with van der Waals surface area (Å²) in [5.74, 6) is 0.131. The Labute approximate surface area is 417 Å². The summed E-state index contributed by atoms with van der Waals surface area (Å²) in [5.41, 5.74) is 4.92. The fraction of sp³-hybridized carbons (Fsp3) is 0.467. The topological polar surface area (TPSA) is 124 Å². The van der Waals surface area contributed by atoms with Crippen molar-refractivity contribution in [2.75, 3.05) is 26.4 Å². The van der Waals surface area contributed by atoms with Crippen LogP contribution in [-0.2, 0) is 28.5 Å². The molecule has 0 spiro atoms. The fourth-order valence-corrected chi connectivity index (χ4v) is 8.55. The van der Waals surface area contributed by atoms with Crippen LogP contribution < -0.4 is 9.47 Å². The van der Waals surface area contributed by atoms with Crippen molar-refractivity contribution >= 4 is 23.9 Å². The molecule has 4 aromatic rings. The number of hydrogen-bond acceptors (Lipinski definition) is 10. The molecular weight excluding hydrogens is 881 g/mol. The molecule has 2 atom stereocenters. The van der Waals surface area contributed by atoms with E-state index in [-0.39, 0.29) is 11.9 Å². The van der Waals surface area contributed by atoms with Crippen LogP contribution in [0.25, 0.3) is 22.3 Å². The second-order valence-electron chi connectivity index (χ2n) is 18.2. The van der Waals surface area contributed by atoms with Gasteiger partial charge >= 0.3 is 23.9 Å². The van der Waals surface area contributed by atoms with E-state index in [9.17, 15) is 19.2 Å². The van der Waals surface area contributed by atoms with E-state index in [2.05, 4.69) is 13.2 Å². The van der Waals surface area contributed by atoms with Crippen LogP contribution in [0.15, 0.2) is 122 Å². The molecule has 5 rings (SSSR count). The molecular formula is C60H76O10. The zero-order chi connectivity index (χ0) is 49.4. The third-order valence-corrected chi connectivity index (χ3v) is 12.7. The monoisotopic (exact) mass is 957 g/mol. The van der Waals surface area contributed by atoms with Gasteiger partial charge in [-0.1, -0.05) is 152 Å². The van der Waals surface area contributed by atoms with Crippen LogP contribution in [0, 0.1) is 0 Å². The summed E-state index contributed by atoms with van der Waals surface area (Å²) >= 11 is 0. The van der Waals surface area contributed by atoms with Crippen molar-refractivity contribution in [3.8, 4) is 33.8 Å². The number of rotatable bonds is 34. The highest BCUT2D eigenvalue weighted by atomic mass is 16.6. The molecule has 376 valence electrons. The number of hydrogen-bond donors (Lipinski definition) is 0. The van der Waals surface area contributed by atoms with E-state index in [1.165, 1.54) is 76.4 Å². The summed E-state index contributed by atoms with van der Waals surface area (Å²) in [4.78, 5) is 48.8. The molecule has 1 saturated carbocycles. The van der Waals surface area contributed by atoms with Crippen molar-refractivity contribution in [3.63, 3.8) is 0 Å². The van der Waals surface area contributed by atoms with Gasteiger partial charge in [0.2, 0.25) is 0 Å². The molecule has 0 aromatic heterocycles. The lowest BCUT2D eigenvalue weighted by Gasteiger charge is -2.30. The van der Waals surface area contributed by atoms with Gasteiger partial charge in [-0.3, -0.25) is 0 Å². The summed E-state index contributed by atoms with van der Waals surface area (Å²) in [6.07, 6.45) is 24.8. The van der Waals surface area contributed by atoms with Crippen molar-refractivity contribution in [3.05, 3.63) is 133 Å². The molecule has 1 aliphatic carbocycles. The standard InChI is InChI=1S/C60H76O10/c1-3-57(61)67-45-23-17-13-9-5-7-11-15-21-43-65-53-39-35-49(36-40-53)47-27-31-51(32-28-47)59(63)69-55-25-19-20-26-56(55)70-60(64)52-33-29-48(30-34-52)50-37-41-54(42-38-50)66-44-22-16-12-8-6-10-14-18-24-46-68-58(62)4-2/h3-4,27-42,55-56H,1-2,5-26,43-46H2/t55-,56-/m1/s1. The van der Waals surface area contributed by atoms with E-state index in [0.29, 0.717) is 50.4 Å². The highest BCUT2D eigenvalue weighted by Gasteiger charge is 2.32. The van der Waals surface area contributed by atoms with E-state index in [4.69, 9.17) is 28.4 Å². The number of unbranched alkanes of at least 4 members (excludes halogenated alkanes) is 16. The average Bonchev–Trinajstić information content (AvgIpc) is 3.39. The minimum atomic E-state index is -0.517. The SMILES string of the molecule is C=CC(=O)OCCCCCCCCCCCOc1ccc(-c2ccc(C(=O)O[C@@H]3CCCC[C@H]3OC(=O)c3ccc(-c4ccc(OCCCCCCCCCCCOC(=O)C=C)cc4)cc3)cc2)cc1. The maximum absolute atomic E-state index is 13.3. The Balaban J connectivity index is 0.941. The predicted octanol–water partition coefficient (Wildman–Crippen LogP) is 14.6. The molecule has 10 heteroatoms. The molecule has 0 bridgehead atoms. The van der Waals surface area contributed by atoms with Gasteiger partial charge < -0.3 is 28.4 Å². The normalized spacial score (nSPS) is 14.2. The summed E-state index contributed by atoms with van der Waals surface area (Å²) < 4.78 is 34.0. The molecule has 0 aliphatic heterocycles. The second-order valence-corrected chi connectivity index (χ2v) is 18.2. The van der Waals surface area contributed by atoms with E-state index in [1.54, 1.807) is 24.3 Å². The summed E-state index contributed by atoms with van der Waals surface area (Å²) in [6, 6.07) is 30.9. The largest absolute Gasteiger partial charge is 0.494 e. The average molecular weight is 957 g/mol. The Hall–Kier alpha value is -6.16. The van der Waals surface area contributed by atoms with Gasteiger partial charge in [0.05, 0.1) is 37.6 Å². The molecule has 4 aromatic carbocycles. The number of carbonyl (C=O) groups excluding carboxylic acids is 4. The second kappa shape index (κ2) is 32.6. The van der Waals surface area contributed by atoms with Crippen molar-refractivity contribution in [1.82, 2.24) is 0 Å². The Morgan fingerprint density at radius 3 is 0.957 bits per heavy atom. The van der Waals surface area contributed by atoms with Gasteiger partial charge in [0.15, 0.2) is 0 Å². The summed E-state index contributed by atoms with van der Waals surface area (Å²) in [7, 11) is 0. The minimum Gasteiger partial charge on any atom is -0.494 e. The zero-order valence-electron chi connectivity index (χ0n) is 41.4. The maximum atomic E-state index is 13.3. The molecule has 1 fully saturated rings. The van der Waals surface area contributed by atoms with Gasteiger partial charge in [0.25, 0.3) is 0 Å². The Kier molecular flexibility index (Phi) is 25.5. The van der Waals surface area contributed by atoms with Crippen molar-refractivity contribution in [1.29, 1.82) is 0 Å². The Morgan fingerprint density at radius 1 is 0.386 bits per heavy atom. The van der Waals surface area contributed by atoms with Crippen LogP contribution in [0.5, 0.6) is 11.5 Å². The van der Waals surface area contributed by atoms with Gasteiger partial charge in [0, 0.05) is 12.2 Å². The first kappa shape index (κ1) is 54.8. The molecule has 0 unspecified atom stereocenters. The Bertz CT molecular complexity index is 1990. The molecule has 0 heterocycles. The van der Waals surface area contributed by atoms with Gasteiger partial charge in [0.1, 0.15) is 23.7 Å². The van der Waals surface area contributed by atoms with Crippen LogP contribution in [0.2, 0.25) is 0 Å². The Morgan fingerprint density at radius 2 is 0.657 bits per heavy atom. The lowest BCUT2D eigenvalue weighted by Crippen LogP contribution is -2.37. The molecule has 1 aliphatic rings. The van der Waals surface area contributed by atoms with Crippen LogP contribution >= 0.6 is 0 Å². The van der Waals surface area contributed by atoms with E-state index < -0.39 is 24.1 Å². The molecule has 0 saturated heterocycles. The van der Waals surface area contributed by atoms with Crippen LogP contribution in [0.3, 0.4) is 0 Å². The minimum absolute atomic E-state index is 0.346. The summed E-state index contributed by atoms with van der Waals surface area (Å²) in [5, 5.41) is 0. The van der Waals surface area contributed by atoms with E-state index in [0.717, 1.165) is 98.0 Å². The molecule has 10 nitrogen and oxygen atoms in total. The van der Waals surface area contributed by atoms with Crippen molar-refractivity contribution in [2.24, 2.45) is 0 Å². The molecule has 0 radical (unpaired) electrons. The number of esters is 4. The maximum Gasteiger partial charge on any atom is 0.338 e.